The molecule has 78 valence electrons. The van der Waals surface area contributed by atoms with Crippen molar-refractivity contribution in [2.75, 3.05) is 20.3 Å². The number of rotatable bonds is 6. The summed E-state index contributed by atoms with van der Waals surface area (Å²) in [6.07, 6.45) is 6.94. The quantitative estimate of drug-likeness (QED) is 0.635. The van der Waals surface area contributed by atoms with E-state index in [0.717, 1.165) is 19.6 Å². The van der Waals surface area contributed by atoms with E-state index in [1.54, 1.807) is 7.11 Å². The first-order valence-corrected chi connectivity index (χ1v) is 5.43. The SMILES string of the molecule is COCCC(C)COC1CCCC1. The largest absolute Gasteiger partial charge is 0.385 e. The second kappa shape index (κ2) is 6.39. The average Bonchev–Trinajstić information content (AvgIpc) is 2.64. The van der Waals surface area contributed by atoms with Crippen LogP contribution in [0.2, 0.25) is 0 Å². The lowest BCUT2D eigenvalue weighted by molar-refractivity contribution is 0.0297. The zero-order valence-corrected chi connectivity index (χ0v) is 8.92. The van der Waals surface area contributed by atoms with Crippen LogP contribution in [0.25, 0.3) is 0 Å². The zero-order valence-electron chi connectivity index (χ0n) is 8.92. The van der Waals surface area contributed by atoms with Gasteiger partial charge in [-0.2, -0.15) is 0 Å². The molecule has 0 amide bonds. The molecule has 0 aromatic carbocycles. The molecular formula is C11H22O2. The lowest BCUT2D eigenvalue weighted by Crippen LogP contribution is -2.15. The molecule has 0 aromatic heterocycles. The standard InChI is InChI=1S/C11H22O2/c1-10(7-8-12-2)9-13-11-5-3-4-6-11/h10-11H,3-9H2,1-2H3. The van der Waals surface area contributed by atoms with E-state index >= 15 is 0 Å². The van der Waals surface area contributed by atoms with Gasteiger partial charge in [0.15, 0.2) is 0 Å². The first-order chi connectivity index (χ1) is 6.33. The third-order valence-electron chi connectivity index (χ3n) is 2.73. The van der Waals surface area contributed by atoms with E-state index in [0.29, 0.717) is 12.0 Å². The summed E-state index contributed by atoms with van der Waals surface area (Å²) in [5.74, 6) is 0.639. The fourth-order valence-corrected chi connectivity index (χ4v) is 1.76. The second-order valence-corrected chi connectivity index (χ2v) is 4.13. The number of methoxy groups -OCH3 is 1. The minimum absolute atomic E-state index is 0.560. The van der Waals surface area contributed by atoms with Crippen LogP contribution in [0.5, 0.6) is 0 Å². The minimum Gasteiger partial charge on any atom is -0.385 e. The Morgan fingerprint density at radius 3 is 2.62 bits per heavy atom. The molecule has 1 rings (SSSR count). The van der Waals surface area contributed by atoms with E-state index < -0.39 is 0 Å². The Bertz CT molecular complexity index is 119. The minimum atomic E-state index is 0.560. The molecule has 0 bridgehead atoms. The van der Waals surface area contributed by atoms with Crippen molar-refractivity contribution < 1.29 is 9.47 Å². The maximum absolute atomic E-state index is 5.81. The molecular weight excluding hydrogens is 164 g/mol. The predicted molar refractivity (Wildman–Crippen MR) is 53.9 cm³/mol. The summed E-state index contributed by atoms with van der Waals surface area (Å²) in [4.78, 5) is 0. The second-order valence-electron chi connectivity index (χ2n) is 4.13. The summed E-state index contributed by atoms with van der Waals surface area (Å²) in [6, 6.07) is 0. The Morgan fingerprint density at radius 2 is 2.00 bits per heavy atom. The Hall–Kier alpha value is -0.0800. The van der Waals surface area contributed by atoms with Gasteiger partial charge in [-0.15, -0.1) is 0 Å². The number of ether oxygens (including phenoxy) is 2. The molecule has 1 fully saturated rings. The molecule has 2 heteroatoms. The average molecular weight is 186 g/mol. The maximum Gasteiger partial charge on any atom is 0.0575 e. The fraction of sp³-hybridized carbons (Fsp3) is 1.00. The first kappa shape index (κ1) is 11.0. The van der Waals surface area contributed by atoms with Crippen molar-refractivity contribution in [3.63, 3.8) is 0 Å². The van der Waals surface area contributed by atoms with Gasteiger partial charge in [0.2, 0.25) is 0 Å². The topological polar surface area (TPSA) is 18.5 Å². The summed E-state index contributed by atoms with van der Waals surface area (Å²) >= 11 is 0. The molecule has 1 atom stereocenters. The summed E-state index contributed by atoms with van der Waals surface area (Å²) in [6.45, 7) is 4.00. The van der Waals surface area contributed by atoms with Crippen LogP contribution in [0.4, 0.5) is 0 Å². The molecule has 0 aromatic rings. The molecule has 0 aliphatic heterocycles. The summed E-state index contributed by atoms with van der Waals surface area (Å²) < 4.78 is 10.8. The molecule has 1 unspecified atom stereocenters. The molecule has 1 saturated carbocycles. The Balaban J connectivity index is 1.97. The zero-order chi connectivity index (χ0) is 9.52. The lowest BCUT2D eigenvalue weighted by Gasteiger charge is -2.15. The van der Waals surface area contributed by atoms with Crippen LogP contribution < -0.4 is 0 Å². The Labute approximate surface area is 81.6 Å². The van der Waals surface area contributed by atoms with Gasteiger partial charge < -0.3 is 9.47 Å². The molecule has 0 spiro atoms. The monoisotopic (exact) mass is 186 g/mol. The van der Waals surface area contributed by atoms with Gasteiger partial charge in [0.1, 0.15) is 0 Å². The first-order valence-electron chi connectivity index (χ1n) is 5.43. The van der Waals surface area contributed by atoms with Crippen molar-refractivity contribution >= 4 is 0 Å². The molecule has 13 heavy (non-hydrogen) atoms. The van der Waals surface area contributed by atoms with Gasteiger partial charge in [0, 0.05) is 20.3 Å². The summed E-state index contributed by atoms with van der Waals surface area (Å²) in [7, 11) is 1.75. The van der Waals surface area contributed by atoms with Crippen LogP contribution in [0, 0.1) is 5.92 Å². The third kappa shape index (κ3) is 4.63. The molecule has 1 aliphatic carbocycles. The normalized spacial score (nSPS) is 20.8. The summed E-state index contributed by atoms with van der Waals surface area (Å²) in [5, 5.41) is 0. The van der Waals surface area contributed by atoms with Crippen LogP contribution in [0.3, 0.4) is 0 Å². The van der Waals surface area contributed by atoms with Crippen molar-refractivity contribution in [2.45, 2.75) is 45.1 Å². The van der Waals surface area contributed by atoms with E-state index in [-0.39, 0.29) is 0 Å². The van der Waals surface area contributed by atoms with Gasteiger partial charge in [-0.05, 0) is 25.2 Å². The number of hydrogen-bond acceptors (Lipinski definition) is 2. The lowest BCUT2D eigenvalue weighted by atomic mass is 10.1. The van der Waals surface area contributed by atoms with Crippen LogP contribution in [0.15, 0.2) is 0 Å². The van der Waals surface area contributed by atoms with Crippen molar-refractivity contribution in [3.8, 4) is 0 Å². The van der Waals surface area contributed by atoms with Crippen LogP contribution in [-0.4, -0.2) is 26.4 Å². The van der Waals surface area contributed by atoms with Crippen molar-refractivity contribution in [2.24, 2.45) is 5.92 Å². The molecule has 0 N–H and O–H groups in total. The highest BCUT2D eigenvalue weighted by molar-refractivity contribution is 4.67. The van der Waals surface area contributed by atoms with E-state index in [2.05, 4.69) is 6.92 Å². The third-order valence-corrected chi connectivity index (χ3v) is 2.73. The van der Waals surface area contributed by atoms with Crippen LogP contribution >= 0.6 is 0 Å². The van der Waals surface area contributed by atoms with Crippen molar-refractivity contribution in [1.29, 1.82) is 0 Å². The van der Waals surface area contributed by atoms with Crippen LogP contribution in [-0.2, 0) is 9.47 Å². The predicted octanol–water partition coefficient (Wildman–Crippen LogP) is 2.62. The van der Waals surface area contributed by atoms with Gasteiger partial charge in [-0.1, -0.05) is 19.8 Å². The van der Waals surface area contributed by atoms with E-state index in [1.807, 2.05) is 0 Å². The van der Waals surface area contributed by atoms with E-state index in [4.69, 9.17) is 9.47 Å². The smallest absolute Gasteiger partial charge is 0.0575 e. The van der Waals surface area contributed by atoms with Crippen molar-refractivity contribution in [3.05, 3.63) is 0 Å². The molecule has 0 saturated heterocycles. The Morgan fingerprint density at radius 1 is 1.31 bits per heavy atom. The van der Waals surface area contributed by atoms with Gasteiger partial charge in [0.25, 0.3) is 0 Å². The highest BCUT2D eigenvalue weighted by Crippen LogP contribution is 2.21. The molecule has 0 radical (unpaired) electrons. The van der Waals surface area contributed by atoms with Gasteiger partial charge in [-0.25, -0.2) is 0 Å². The molecule has 0 heterocycles. The highest BCUT2D eigenvalue weighted by atomic mass is 16.5. The maximum atomic E-state index is 5.81. The van der Waals surface area contributed by atoms with Gasteiger partial charge >= 0.3 is 0 Å². The van der Waals surface area contributed by atoms with Crippen LogP contribution in [0.1, 0.15) is 39.0 Å². The van der Waals surface area contributed by atoms with Gasteiger partial charge in [-0.3, -0.25) is 0 Å². The molecule has 2 nitrogen and oxygen atoms in total. The number of hydrogen-bond donors (Lipinski definition) is 0. The highest BCUT2D eigenvalue weighted by Gasteiger charge is 2.15. The summed E-state index contributed by atoms with van der Waals surface area (Å²) in [5.41, 5.74) is 0. The fourth-order valence-electron chi connectivity index (χ4n) is 1.76. The van der Waals surface area contributed by atoms with E-state index in [1.165, 1.54) is 25.7 Å². The molecule has 1 aliphatic rings. The Kier molecular flexibility index (Phi) is 5.40. The van der Waals surface area contributed by atoms with Gasteiger partial charge in [0.05, 0.1) is 6.10 Å². The van der Waals surface area contributed by atoms with Crippen molar-refractivity contribution in [1.82, 2.24) is 0 Å². The van der Waals surface area contributed by atoms with E-state index in [9.17, 15) is 0 Å².